The lowest BCUT2D eigenvalue weighted by molar-refractivity contribution is 0.0531. The van der Waals surface area contributed by atoms with E-state index in [0.717, 1.165) is 15.8 Å². The second-order valence-electron chi connectivity index (χ2n) is 4.78. The molecule has 3 rings (SSSR count). The van der Waals surface area contributed by atoms with Gasteiger partial charge in [0.1, 0.15) is 4.88 Å². The van der Waals surface area contributed by atoms with Crippen molar-refractivity contribution < 1.29 is 14.3 Å². The fraction of sp³-hybridized carbons (Fsp3) is 0.188. The minimum atomic E-state index is -0.365. The first-order valence-corrected chi connectivity index (χ1v) is 8.66. The quantitative estimate of drug-likeness (QED) is 0.722. The number of thiazole rings is 1. The predicted molar refractivity (Wildman–Crippen MR) is 92.6 cm³/mol. The van der Waals surface area contributed by atoms with Gasteiger partial charge in [0.25, 0.3) is 5.91 Å². The first kappa shape index (κ1) is 15.6. The van der Waals surface area contributed by atoms with E-state index in [-0.39, 0.29) is 11.9 Å². The average Bonchev–Trinajstić information content (AvgIpc) is 3.11. The molecule has 0 saturated heterocycles. The number of carbonyl (C=O) groups excluding carboxylic acids is 2. The average molecular weight is 346 g/mol. The van der Waals surface area contributed by atoms with Crippen LogP contribution in [0.15, 0.2) is 30.3 Å². The third-order valence-electron chi connectivity index (χ3n) is 3.10. The number of aryl methyl sites for hydroxylation is 1. The third kappa shape index (κ3) is 3.25. The molecule has 1 amide bonds. The van der Waals surface area contributed by atoms with Crippen LogP contribution in [0.4, 0.5) is 5.00 Å². The summed E-state index contributed by atoms with van der Waals surface area (Å²) in [6, 6.07) is 9.37. The molecule has 0 saturated carbocycles. The summed E-state index contributed by atoms with van der Waals surface area (Å²) in [6.07, 6.45) is 0. The summed E-state index contributed by atoms with van der Waals surface area (Å²) in [4.78, 5) is 29.0. The van der Waals surface area contributed by atoms with Crippen LogP contribution in [0.1, 0.15) is 32.0 Å². The van der Waals surface area contributed by atoms with Crippen molar-refractivity contribution in [3.05, 3.63) is 45.8 Å². The van der Waals surface area contributed by atoms with Crippen molar-refractivity contribution in [1.82, 2.24) is 4.98 Å². The molecule has 0 aliphatic rings. The van der Waals surface area contributed by atoms with Crippen molar-refractivity contribution in [2.45, 2.75) is 13.8 Å². The predicted octanol–water partition coefficient (Wildman–Crippen LogP) is 4.10. The summed E-state index contributed by atoms with van der Waals surface area (Å²) in [7, 11) is 0. The highest BCUT2D eigenvalue weighted by molar-refractivity contribution is 7.20. The van der Waals surface area contributed by atoms with E-state index in [1.165, 1.54) is 22.7 Å². The Morgan fingerprint density at radius 3 is 2.78 bits per heavy atom. The van der Waals surface area contributed by atoms with Crippen LogP contribution < -0.4 is 5.32 Å². The van der Waals surface area contributed by atoms with Gasteiger partial charge in [-0.3, -0.25) is 4.79 Å². The Labute approximate surface area is 140 Å². The maximum atomic E-state index is 12.3. The Kier molecular flexibility index (Phi) is 4.40. The first-order chi connectivity index (χ1) is 11.1. The largest absolute Gasteiger partial charge is 0.462 e. The lowest BCUT2D eigenvalue weighted by Gasteiger charge is -1.99. The molecule has 1 aromatic carbocycles. The highest BCUT2D eigenvalue weighted by Crippen LogP contribution is 2.29. The third-order valence-corrected chi connectivity index (χ3v) is 5.27. The molecule has 0 bridgehead atoms. The van der Waals surface area contributed by atoms with Crippen molar-refractivity contribution in [3.63, 3.8) is 0 Å². The number of aromatic nitrogens is 1. The van der Waals surface area contributed by atoms with Crippen molar-refractivity contribution in [2.24, 2.45) is 0 Å². The first-order valence-electron chi connectivity index (χ1n) is 7.03. The minimum absolute atomic E-state index is 0.275. The van der Waals surface area contributed by atoms with Crippen LogP contribution in [0.2, 0.25) is 0 Å². The molecule has 2 aromatic heterocycles. The number of fused-ring (bicyclic) bond motifs is 1. The normalized spacial score (nSPS) is 10.7. The number of para-hydroxylation sites is 1. The lowest BCUT2D eigenvalue weighted by atomic mass is 10.3. The van der Waals surface area contributed by atoms with Gasteiger partial charge in [0, 0.05) is 0 Å². The highest BCUT2D eigenvalue weighted by atomic mass is 32.1. The van der Waals surface area contributed by atoms with Crippen LogP contribution in [-0.2, 0) is 4.74 Å². The van der Waals surface area contributed by atoms with E-state index in [4.69, 9.17) is 4.74 Å². The molecule has 0 unspecified atom stereocenters. The van der Waals surface area contributed by atoms with Gasteiger partial charge < -0.3 is 10.1 Å². The summed E-state index contributed by atoms with van der Waals surface area (Å²) >= 11 is 2.55. The van der Waals surface area contributed by atoms with E-state index in [1.54, 1.807) is 13.0 Å². The number of carbonyl (C=O) groups is 2. The maximum Gasteiger partial charge on any atom is 0.348 e. The van der Waals surface area contributed by atoms with Crippen LogP contribution in [0.25, 0.3) is 10.2 Å². The van der Waals surface area contributed by atoms with Crippen molar-refractivity contribution in [1.29, 1.82) is 0 Å². The Morgan fingerprint density at radius 1 is 1.26 bits per heavy atom. The molecular formula is C16H14N2O3S2. The molecule has 1 N–H and O–H groups in total. The number of hydrogen-bond acceptors (Lipinski definition) is 6. The van der Waals surface area contributed by atoms with E-state index in [9.17, 15) is 9.59 Å². The number of nitrogens with one attached hydrogen (secondary N) is 1. The standard InChI is InChI=1S/C16H14N2O3S2/c1-3-21-16(20)13-9(2)8-12(23-13)18-14(19)15-17-10-6-4-5-7-11(10)22-15/h4-8H,3H2,1-2H3,(H,18,19). The zero-order valence-corrected chi connectivity index (χ0v) is 14.2. The zero-order chi connectivity index (χ0) is 16.4. The molecule has 0 radical (unpaired) electrons. The van der Waals surface area contributed by atoms with Crippen LogP contribution >= 0.6 is 22.7 Å². The van der Waals surface area contributed by atoms with E-state index >= 15 is 0 Å². The lowest BCUT2D eigenvalue weighted by Crippen LogP contribution is -2.10. The van der Waals surface area contributed by atoms with Gasteiger partial charge in [0.2, 0.25) is 0 Å². The summed E-state index contributed by atoms with van der Waals surface area (Å²) in [5.41, 5.74) is 1.59. The van der Waals surface area contributed by atoms with Gasteiger partial charge in [-0.1, -0.05) is 12.1 Å². The number of rotatable bonds is 4. The second-order valence-corrected chi connectivity index (χ2v) is 6.87. The van der Waals surface area contributed by atoms with E-state index in [2.05, 4.69) is 10.3 Å². The number of anilines is 1. The molecule has 118 valence electrons. The smallest absolute Gasteiger partial charge is 0.348 e. The van der Waals surface area contributed by atoms with Gasteiger partial charge in [0.15, 0.2) is 5.01 Å². The van der Waals surface area contributed by atoms with Crippen LogP contribution in [0, 0.1) is 6.92 Å². The van der Waals surface area contributed by atoms with E-state index in [0.29, 0.717) is 21.5 Å². The summed E-state index contributed by atoms with van der Waals surface area (Å²) in [5.74, 6) is -0.640. The van der Waals surface area contributed by atoms with Crippen molar-refractivity contribution in [3.8, 4) is 0 Å². The monoisotopic (exact) mass is 346 g/mol. The van der Waals surface area contributed by atoms with Gasteiger partial charge in [-0.2, -0.15) is 0 Å². The van der Waals surface area contributed by atoms with Crippen molar-refractivity contribution >= 4 is 49.8 Å². The molecule has 0 aliphatic heterocycles. The Balaban J connectivity index is 1.80. The summed E-state index contributed by atoms with van der Waals surface area (Å²) in [5, 5.41) is 3.80. The molecule has 7 heteroatoms. The molecule has 23 heavy (non-hydrogen) atoms. The number of ether oxygens (including phenoxy) is 1. The van der Waals surface area contributed by atoms with Crippen LogP contribution in [0.5, 0.6) is 0 Å². The Bertz CT molecular complexity index is 849. The fourth-order valence-corrected chi connectivity index (χ4v) is 3.90. The van der Waals surface area contributed by atoms with Crippen LogP contribution in [-0.4, -0.2) is 23.5 Å². The number of benzene rings is 1. The molecule has 0 spiro atoms. The SMILES string of the molecule is CCOC(=O)c1sc(NC(=O)c2nc3ccccc3s2)cc1C. The van der Waals surface area contributed by atoms with Crippen molar-refractivity contribution in [2.75, 3.05) is 11.9 Å². The Hall–Kier alpha value is -2.25. The molecule has 3 aromatic rings. The van der Waals surface area contributed by atoms with Crippen LogP contribution in [0.3, 0.4) is 0 Å². The van der Waals surface area contributed by atoms with Gasteiger partial charge in [-0.25, -0.2) is 9.78 Å². The molecule has 0 fully saturated rings. The highest BCUT2D eigenvalue weighted by Gasteiger charge is 2.18. The van der Waals surface area contributed by atoms with Gasteiger partial charge in [0.05, 0.1) is 21.8 Å². The van der Waals surface area contributed by atoms with Gasteiger partial charge in [-0.05, 0) is 37.6 Å². The number of esters is 1. The van der Waals surface area contributed by atoms with Gasteiger partial charge >= 0.3 is 5.97 Å². The molecular weight excluding hydrogens is 332 g/mol. The molecule has 5 nitrogen and oxygen atoms in total. The second kappa shape index (κ2) is 6.47. The number of nitrogens with zero attached hydrogens (tertiary/aromatic N) is 1. The number of hydrogen-bond donors (Lipinski definition) is 1. The molecule has 0 aliphatic carbocycles. The molecule has 0 atom stereocenters. The Morgan fingerprint density at radius 2 is 2.04 bits per heavy atom. The molecule has 2 heterocycles. The summed E-state index contributed by atoms with van der Waals surface area (Å²) < 4.78 is 5.97. The minimum Gasteiger partial charge on any atom is -0.462 e. The van der Waals surface area contributed by atoms with Gasteiger partial charge in [-0.15, -0.1) is 22.7 Å². The maximum absolute atomic E-state index is 12.3. The topological polar surface area (TPSA) is 68.3 Å². The van der Waals surface area contributed by atoms with E-state index in [1.807, 2.05) is 31.2 Å². The fourth-order valence-electron chi connectivity index (χ4n) is 2.08. The van der Waals surface area contributed by atoms with E-state index < -0.39 is 0 Å². The summed E-state index contributed by atoms with van der Waals surface area (Å²) in [6.45, 7) is 3.90. The number of thiophene rings is 1. The number of amides is 1. The zero-order valence-electron chi connectivity index (χ0n) is 12.6.